The van der Waals surface area contributed by atoms with Crippen molar-refractivity contribution in [3.05, 3.63) is 70.6 Å². The van der Waals surface area contributed by atoms with Crippen LogP contribution in [0.3, 0.4) is 0 Å². The SMILES string of the molecule is C=c1c(S(=O)Nc2ccc(C(=O)N3CCN(CC4CC4)CC3)cc2)ccc/c1=C/C=C\C. The minimum Gasteiger partial charge on any atom is -0.336 e. The highest BCUT2D eigenvalue weighted by atomic mass is 32.2. The van der Waals surface area contributed by atoms with Crippen molar-refractivity contribution in [3.63, 3.8) is 0 Å². The Morgan fingerprint density at radius 3 is 2.50 bits per heavy atom. The molecule has 5 nitrogen and oxygen atoms in total. The van der Waals surface area contributed by atoms with Crippen molar-refractivity contribution in [3.8, 4) is 0 Å². The highest BCUT2D eigenvalue weighted by Gasteiger charge is 2.27. The molecule has 1 amide bonds. The van der Waals surface area contributed by atoms with Crippen LogP contribution in [0.1, 0.15) is 30.1 Å². The zero-order chi connectivity index (χ0) is 22.5. The van der Waals surface area contributed by atoms with Crippen LogP contribution in [0, 0.1) is 5.92 Å². The Labute approximate surface area is 192 Å². The normalized spacial score (nSPS) is 18.8. The van der Waals surface area contributed by atoms with E-state index in [1.165, 1.54) is 19.4 Å². The van der Waals surface area contributed by atoms with Gasteiger partial charge in [0.1, 0.15) is 0 Å². The number of hydrogen-bond acceptors (Lipinski definition) is 3. The van der Waals surface area contributed by atoms with Crippen molar-refractivity contribution in [2.45, 2.75) is 24.7 Å². The van der Waals surface area contributed by atoms with Gasteiger partial charge in [-0.25, -0.2) is 4.21 Å². The molecular weight excluding hydrogens is 418 g/mol. The lowest BCUT2D eigenvalue weighted by Gasteiger charge is -2.34. The molecule has 1 N–H and O–H groups in total. The topological polar surface area (TPSA) is 52.7 Å². The molecule has 1 aliphatic heterocycles. The average Bonchev–Trinajstić information content (AvgIpc) is 3.63. The van der Waals surface area contributed by atoms with E-state index < -0.39 is 11.0 Å². The van der Waals surface area contributed by atoms with E-state index in [0.29, 0.717) is 16.1 Å². The minimum absolute atomic E-state index is 0.0657. The number of nitrogens with zero attached hydrogens (tertiary/aromatic N) is 2. The van der Waals surface area contributed by atoms with Crippen LogP contribution >= 0.6 is 0 Å². The number of amides is 1. The lowest BCUT2D eigenvalue weighted by atomic mass is 10.1. The fraction of sp³-hybridized carbons (Fsp3) is 0.346. The predicted octanol–water partition coefficient (Wildman–Crippen LogP) is 2.76. The van der Waals surface area contributed by atoms with Crippen molar-refractivity contribution in [2.75, 3.05) is 37.4 Å². The van der Waals surface area contributed by atoms with Crippen molar-refractivity contribution in [1.29, 1.82) is 0 Å². The lowest BCUT2D eigenvalue weighted by molar-refractivity contribution is 0.0632. The van der Waals surface area contributed by atoms with Gasteiger partial charge in [-0.15, -0.1) is 0 Å². The van der Waals surface area contributed by atoms with Crippen LogP contribution in [0.2, 0.25) is 0 Å². The summed E-state index contributed by atoms with van der Waals surface area (Å²) >= 11 is 0. The van der Waals surface area contributed by atoms with Crippen LogP contribution in [-0.4, -0.2) is 52.6 Å². The molecule has 1 saturated heterocycles. The molecule has 32 heavy (non-hydrogen) atoms. The summed E-state index contributed by atoms with van der Waals surface area (Å²) < 4.78 is 15.9. The second-order valence-corrected chi connectivity index (χ2v) is 9.68. The highest BCUT2D eigenvalue weighted by molar-refractivity contribution is 7.86. The first kappa shape index (κ1) is 22.5. The molecular formula is C26H31N3O2S. The predicted molar refractivity (Wildman–Crippen MR) is 132 cm³/mol. The van der Waals surface area contributed by atoms with E-state index in [2.05, 4.69) is 16.2 Å². The fourth-order valence-corrected chi connectivity index (χ4v) is 4.94. The molecule has 2 aromatic rings. The van der Waals surface area contributed by atoms with Crippen LogP contribution < -0.4 is 15.2 Å². The molecule has 1 heterocycles. The smallest absolute Gasteiger partial charge is 0.253 e. The quantitative estimate of drug-likeness (QED) is 0.707. The molecule has 2 aliphatic rings. The summed E-state index contributed by atoms with van der Waals surface area (Å²) in [6, 6.07) is 12.9. The molecule has 0 radical (unpaired) electrons. The zero-order valence-corrected chi connectivity index (χ0v) is 19.4. The van der Waals surface area contributed by atoms with E-state index >= 15 is 0 Å². The molecule has 0 spiro atoms. The monoisotopic (exact) mass is 449 g/mol. The Balaban J connectivity index is 1.37. The Hall–Kier alpha value is -2.70. The third-order valence-electron chi connectivity index (χ3n) is 6.05. The number of benzene rings is 2. The Kier molecular flexibility index (Phi) is 7.22. The van der Waals surface area contributed by atoms with E-state index in [0.717, 1.165) is 42.5 Å². The summed E-state index contributed by atoms with van der Waals surface area (Å²) in [7, 11) is -1.44. The van der Waals surface area contributed by atoms with Gasteiger partial charge >= 0.3 is 0 Å². The summed E-state index contributed by atoms with van der Waals surface area (Å²) in [5, 5.41) is 1.68. The number of carbonyl (C=O) groups is 1. The number of hydrogen-bond donors (Lipinski definition) is 1. The van der Waals surface area contributed by atoms with Crippen molar-refractivity contribution < 1.29 is 9.00 Å². The van der Waals surface area contributed by atoms with Gasteiger partial charge in [0.05, 0.1) is 4.90 Å². The molecule has 2 fully saturated rings. The van der Waals surface area contributed by atoms with E-state index in [1.807, 2.05) is 60.4 Å². The molecule has 168 valence electrons. The van der Waals surface area contributed by atoms with Crippen LogP contribution in [0.5, 0.6) is 0 Å². The van der Waals surface area contributed by atoms with Gasteiger partial charge in [-0.2, -0.15) is 0 Å². The minimum atomic E-state index is -1.44. The molecule has 1 saturated carbocycles. The van der Waals surface area contributed by atoms with Crippen LogP contribution in [0.25, 0.3) is 12.7 Å². The van der Waals surface area contributed by atoms with Gasteiger partial charge in [0.15, 0.2) is 11.0 Å². The summed E-state index contributed by atoms with van der Waals surface area (Å²) in [5.41, 5.74) is 1.37. The Morgan fingerprint density at radius 1 is 1.12 bits per heavy atom. The number of carbonyl (C=O) groups excluding carboxylic acids is 1. The van der Waals surface area contributed by atoms with Crippen molar-refractivity contribution in [1.82, 2.24) is 9.80 Å². The maximum Gasteiger partial charge on any atom is 0.253 e. The Morgan fingerprint density at radius 2 is 1.84 bits per heavy atom. The van der Waals surface area contributed by atoms with Crippen LogP contribution in [0.15, 0.2) is 59.5 Å². The summed E-state index contributed by atoms with van der Waals surface area (Å²) in [6.45, 7) is 10.7. The first-order chi connectivity index (χ1) is 15.5. The lowest BCUT2D eigenvalue weighted by Crippen LogP contribution is -2.49. The number of nitrogens with one attached hydrogen (secondary N) is 1. The summed E-state index contributed by atoms with van der Waals surface area (Å²) in [5.74, 6) is 0.951. The van der Waals surface area contributed by atoms with E-state index in [-0.39, 0.29) is 5.91 Å². The molecule has 2 aromatic carbocycles. The molecule has 0 bridgehead atoms. The number of piperazine rings is 1. The van der Waals surface area contributed by atoms with Gasteiger partial charge in [0.2, 0.25) is 0 Å². The molecule has 1 unspecified atom stereocenters. The largest absolute Gasteiger partial charge is 0.336 e. The standard InChI is InChI=1S/C26H31N3O2S/c1-3-4-6-22-7-5-8-25(20(22)2)32(31)27-24-13-11-23(12-14-24)26(30)29-17-15-28(16-18-29)19-21-9-10-21/h3-8,11-14,21,27H,2,9-10,15-19H2,1H3/b4-3-,22-6-. The van der Waals surface area contributed by atoms with Crippen molar-refractivity contribution >= 4 is 35.2 Å². The van der Waals surface area contributed by atoms with Crippen LogP contribution in [0.4, 0.5) is 5.69 Å². The number of rotatable bonds is 7. The number of anilines is 1. The molecule has 1 atom stereocenters. The van der Waals surface area contributed by atoms with Gasteiger partial charge < -0.3 is 9.62 Å². The molecule has 4 rings (SSSR count). The Bertz CT molecular complexity index is 1110. The third-order valence-corrected chi connectivity index (χ3v) is 7.26. The van der Waals surface area contributed by atoms with Gasteiger partial charge in [0, 0.05) is 44.0 Å². The fourth-order valence-electron chi connectivity index (χ4n) is 3.94. The maximum absolute atomic E-state index is 12.9. The maximum atomic E-state index is 12.9. The first-order valence-electron chi connectivity index (χ1n) is 11.3. The van der Waals surface area contributed by atoms with E-state index in [1.54, 1.807) is 12.1 Å². The molecule has 1 aliphatic carbocycles. The molecule has 6 heteroatoms. The average molecular weight is 450 g/mol. The van der Waals surface area contributed by atoms with Crippen molar-refractivity contribution in [2.24, 2.45) is 5.92 Å². The first-order valence-corrected chi connectivity index (χ1v) is 12.4. The van der Waals surface area contributed by atoms with E-state index in [9.17, 15) is 9.00 Å². The second-order valence-electron chi connectivity index (χ2n) is 8.50. The highest BCUT2D eigenvalue weighted by Crippen LogP contribution is 2.30. The summed E-state index contributed by atoms with van der Waals surface area (Å²) in [6.07, 6.45) is 8.56. The van der Waals surface area contributed by atoms with Crippen LogP contribution in [-0.2, 0) is 11.0 Å². The molecule has 0 aromatic heterocycles. The van der Waals surface area contributed by atoms with Gasteiger partial charge in [-0.3, -0.25) is 9.69 Å². The third kappa shape index (κ3) is 5.56. The summed E-state index contributed by atoms with van der Waals surface area (Å²) in [4.78, 5) is 17.9. The van der Waals surface area contributed by atoms with E-state index in [4.69, 9.17) is 0 Å². The zero-order valence-electron chi connectivity index (χ0n) is 18.6. The number of allylic oxidation sites excluding steroid dienone is 2. The van der Waals surface area contributed by atoms with Gasteiger partial charge in [-0.1, -0.05) is 36.9 Å². The van der Waals surface area contributed by atoms with Gasteiger partial charge in [0.25, 0.3) is 5.91 Å². The second kappa shape index (κ2) is 10.3. The van der Waals surface area contributed by atoms with Gasteiger partial charge in [-0.05, 0) is 66.5 Å².